The molecule has 11 heteroatoms. The Bertz CT molecular complexity index is 1070. The average Bonchev–Trinajstić information content (AvgIpc) is 2.82. The lowest BCUT2D eigenvalue weighted by molar-refractivity contribution is -0.166. The zero-order valence-electron chi connectivity index (χ0n) is 19.3. The predicted molar refractivity (Wildman–Crippen MR) is 127 cm³/mol. The molecule has 182 valence electrons. The molecule has 2 aliphatic heterocycles. The molecule has 2 aromatic rings. The van der Waals surface area contributed by atoms with Crippen molar-refractivity contribution in [1.82, 2.24) is 24.7 Å². The quantitative estimate of drug-likeness (QED) is 0.482. The zero-order chi connectivity index (χ0) is 24.1. The first-order valence-corrected chi connectivity index (χ1v) is 11.5. The van der Waals surface area contributed by atoms with Crippen molar-refractivity contribution in [3.8, 4) is 5.69 Å². The van der Waals surface area contributed by atoms with Gasteiger partial charge in [-0.1, -0.05) is 12.1 Å². The Hall–Kier alpha value is -3.28. The van der Waals surface area contributed by atoms with E-state index in [1.807, 2.05) is 24.3 Å². The van der Waals surface area contributed by atoms with Crippen LogP contribution in [0.15, 0.2) is 41.3 Å². The number of nitrogens with zero attached hydrogens (tertiary/aromatic N) is 4. The van der Waals surface area contributed by atoms with E-state index >= 15 is 0 Å². The molecular weight excluding hydrogens is 438 g/mol. The van der Waals surface area contributed by atoms with E-state index in [0.29, 0.717) is 45.0 Å². The molecule has 34 heavy (non-hydrogen) atoms. The number of carbonyl (C=O) groups excluding carboxylic acids is 2. The summed E-state index contributed by atoms with van der Waals surface area (Å²) in [7, 11) is 0. The number of carbonyl (C=O) groups is 2. The van der Waals surface area contributed by atoms with Crippen LogP contribution >= 0.6 is 0 Å². The maximum absolute atomic E-state index is 12.6. The van der Waals surface area contributed by atoms with Crippen LogP contribution in [0.1, 0.15) is 12.5 Å². The number of hydrogen-bond acceptors (Lipinski definition) is 8. The second-order valence-electron chi connectivity index (χ2n) is 8.65. The number of likely N-dealkylation sites (tertiary alicyclic amines) is 1. The Balaban J connectivity index is 1.35. The molecule has 0 unspecified atom stereocenters. The molecule has 2 amide bonds. The van der Waals surface area contributed by atoms with Gasteiger partial charge in [0.2, 0.25) is 0 Å². The van der Waals surface area contributed by atoms with Crippen LogP contribution in [0.3, 0.4) is 0 Å². The van der Waals surface area contributed by atoms with Crippen molar-refractivity contribution >= 4 is 17.8 Å². The second kappa shape index (κ2) is 10.3. The first-order chi connectivity index (χ1) is 16.4. The van der Waals surface area contributed by atoms with Crippen molar-refractivity contribution in [1.29, 1.82) is 0 Å². The maximum atomic E-state index is 12.6. The number of benzene rings is 1. The number of anilines is 1. The number of nitrogens with one attached hydrogen (secondary N) is 2. The molecule has 1 aromatic carbocycles. The summed E-state index contributed by atoms with van der Waals surface area (Å²) in [6.07, 6.45) is 1.60. The lowest BCUT2D eigenvalue weighted by Gasteiger charge is -2.47. The molecule has 1 aromatic heterocycles. The van der Waals surface area contributed by atoms with Crippen molar-refractivity contribution in [2.24, 2.45) is 11.1 Å². The second-order valence-corrected chi connectivity index (χ2v) is 8.65. The van der Waals surface area contributed by atoms with Gasteiger partial charge in [0.15, 0.2) is 0 Å². The number of aromatic nitrogens is 2. The van der Waals surface area contributed by atoms with E-state index < -0.39 is 11.1 Å². The summed E-state index contributed by atoms with van der Waals surface area (Å²) in [5.41, 5.74) is 6.47. The lowest BCUT2D eigenvalue weighted by Crippen LogP contribution is -2.63. The summed E-state index contributed by atoms with van der Waals surface area (Å²) >= 11 is 0. The third-order valence-electron chi connectivity index (χ3n) is 6.22. The number of urea groups is 1. The fourth-order valence-corrected chi connectivity index (χ4v) is 4.29. The monoisotopic (exact) mass is 469 g/mol. The molecule has 4 rings (SSSR count). The Kier molecular flexibility index (Phi) is 7.25. The van der Waals surface area contributed by atoms with Crippen LogP contribution < -0.4 is 22.1 Å². The van der Waals surface area contributed by atoms with Gasteiger partial charge in [0.25, 0.3) is 0 Å². The number of amides is 2. The van der Waals surface area contributed by atoms with E-state index in [1.165, 1.54) is 4.57 Å². The first-order valence-electron chi connectivity index (χ1n) is 11.5. The van der Waals surface area contributed by atoms with Crippen molar-refractivity contribution in [3.63, 3.8) is 0 Å². The molecule has 0 aliphatic carbocycles. The van der Waals surface area contributed by atoms with Gasteiger partial charge in [0.05, 0.1) is 12.3 Å². The highest BCUT2D eigenvalue weighted by Gasteiger charge is 2.49. The lowest BCUT2D eigenvalue weighted by atomic mass is 9.79. The van der Waals surface area contributed by atoms with Crippen molar-refractivity contribution in [2.75, 3.05) is 57.7 Å². The zero-order valence-corrected chi connectivity index (χ0v) is 19.3. The van der Waals surface area contributed by atoms with Gasteiger partial charge in [0, 0.05) is 58.6 Å². The highest BCUT2D eigenvalue weighted by Crippen LogP contribution is 2.32. The smallest absolute Gasteiger partial charge is 0.354 e. The van der Waals surface area contributed by atoms with Gasteiger partial charge in [-0.3, -0.25) is 19.6 Å². The van der Waals surface area contributed by atoms with Crippen LogP contribution in [-0.4, -0.2) is 83.8 Å². The molecule has 0 radical (unpaired) electrons. The third-order valence-corrected chi connectivity index (χ3v) is 6.22. The van der Waals surface area contributed by atoms with Crippen LogP contribution in [0.2, 0.25) is 0 Å². The average molecular weight is 470 g/mol. The summed E-state index contributed by atoms with van der Waals surface area (Å²) in [5.74, 6) is -0.00674. The summed E-state index contributed by atoms with van der Waals surface area (Å²) in [4.78, 5) is 44.9. The molecule has 0 atom stereocenters. The Morgan fingerprint density at radius 1 is 1.18 bits per heavy atom. The SMILES string of the molecule is CCOC(=O)C1(CN)CN(Cc2ccc(-n3ccc(NC(=O)N4CCNCC4)nc3=O)cc2)C1. The van der Waals surface area contributed by atoms with E-state index in [2.05, 4.69) is 20.5 Å². The first kappa shape index (κ1) is 23.9. The number of rotatable bonds is 7. The molecule has 2 fully saturated rings. The number of ether oxygens (including phenoxy) is 1. The standard InChI is InChI=1S/C23H31N7O4/c1-2-34-20(31)23(14-24)15-28(16-23)13-17-3-5-18(6-4-17)30-10-7-19(27-22(30)33)26-21(32)29-11-8-25-9-12-29/h3-7,10,25H,2,8-9,11-16,24H2,1H3,(H,26,27,32,33). The minimum Gasteiger partial charge on any atom is -0.465 e. The molecule has 0 spiro atoms. The Morgan fingerprint density at radius 3 is 2.50 bits per heavy atom. The van der Waals surface area contributed by atoms with Gasteiger partial charge in [0.1, 0.15) is 11.2 Å². The van der Waals surface area contributed by atoms with Crippen LogP contribution in [0.4, 0.5) is 10.6 Å². The Morgan fingerprint density at radius 2 is 1.88 bits per heavy atom. The number of piperazine rings is 1. The van der Waals surface area contributed by atoms with Gasteiger partial charge in [-0.2, -0.15) is 4.98 Å². The minimum atomic E-state index is -0.614. The number of esters is 1. The molecule has 2 aliphatic rings. The van der Waals surface area contributed by atoms with Gasteiger partial charge in [-0.05, 0) is 30.7 Å². The minimum absolute atomic E-state index is 0.226. The molecule has 0 bridgehead atoms. The number of nitrogens with two attached hydrogens (primary N) is 1. The molecule has 0 saturated carbocycles. The van der Waals surface area contributed by atoms with Crippen molar-refractivity contribution < 1.29 is 14.3 Å². The van der Waals surface area contributed by atoms with E-state index in [0.717, 1.165) is 18.7 Å². The van der Waals surface area contributed by atoms with Crippen molar-refractivity contribution in [3.05, 3.63) is 52.6 Å². The fourth-order valence-electron chi connectivity index (χ4n) is 4.29. The summed E-state index contributed by atoms with van der Waals surface area (Å²) in [6, 6.07) is 8.92. The highest BCUT2D eigenvalue weighted by molar-refractivity contribution is 5.88. The molecule has 2 saturated heterocycles. The van der Waals surface area contributed by atoms with E-state index in [4.69, 9.17) is 10.5 Å². The summed E-state index contributed by atoms with van der Waals surface area (Å²) in [6.45, 7) is 6.92. The van der Waals surface area contributed by atoms with Crippen LogP contribution in [0, 0.1) is 5.41 Å². The highest BCUT2D eigenvalue weighted by atomic mass is 16.5. The summed E-state index contributed by atoms with van der Waals surface area (Å²) < 4.78 is 6.59. The van der Waals surface area contributed by atoms with Gasteiger partial charge < -0.3 is 20.7 Å². The van der Waals surface area contributed by atoms with Crippen molar-refractivity contribution in [2.45, 2.75) is 13.5 Å². The predicted octanol–water partition coefficient (Wildman–Crippen LogP) is -0.00660. The van der Waals surface area contributed by atoms with E-state index in [-0.39, 0.29) is 24.4 Å². The molecular formula is C23H31N7O4. The fraction of sp³-hybridized carbons (Fsp3) is 0.478. The Labute approximate surface area is 197 Å². The van der Waals surface area contributed by atoms with Crippen LogP contribution in [0.25, 0.3) is 5.69 Å². The van der Waals surface area contributed by atoms with Gasteiger partial charge in [-0.15, -0.1) is 0 Å². The van der Waals surface area contributed by atoms with Crippen LogP contribution in [-0.2, 0) is 16.1 Å². The van der Waals surface area contributed by atoms with E-state index in [1.54, 1.807) is 24.1 Å². The molecule has 3 heterocycles. The topological polar surface area (TPSA) is 135 Å². The largest absolute Gasteiger partial charge is 0.465 e. The van der Waals surface area contributed by atoms with Crippen LogP contribution in [0.5, 0.6) is 0 Å². The maximum Gasteiger partial charge on any atom is 0.354 e. The normalized spacial score (nSPS) is 17.6. The number of hydrogen-bond donors (Lipinski definition) is 3. The van der Waals surface area contributed by atoms with Gasteiger partial charge >= 0.3 is 17.7 Å². The van der Waals surface area contributed by atoms with Gasteiger partial charge in [-0.25, -0.2) is 9.59 Å². The summed E-state index contributed by atoms with van der Waals surface area (Å²) in [5, 5.41) is 5.88. The molecule has 11 nitrogen and oxygen atoms in total. The molecule has 4 N–H and O–H groups in total. The van der Waals surface area contributed by atoms with E-state index in [9.17, 15) is 14.4 Å². The third kappa shape index (κ3) is 5.11.